The van der Waals surface area contributed by atoms with Crippen LogP contribution in [0.3, 0.4) is 0 Å². The lowest BCUT2D eigenvalue weighted by atomic mass is 10.0. The average Bonchev–Trinajstić information content (AvgIpc) is 3.36. The van der Waals surface area contributed by atoms with E-state index in [-0.39, 0.29) is 23.5 Å². The fourth-order valence-corrected chi connectivity index (χ4v) is 6.49. The van der Waals surface area contributed by atoms with Crippen LogP contribution in [0.15, 0.2) is 66.7 Å². The van der Waals surface area contributed by atoms with Crippen LogP contribution in [0.4, 0.5) is 0 Å². The molecule has 2 aliphatic rings. The van der Waals surface area contributed by atoms with Crippen LogP contribution in [0.25, 0.3) is 11.1 Å². The first-order chi connectivity index (χ1) is 15.4. The lowest BCUT2D eigenvalue weighted by Crippen LogP contribution is -2.40. The van der Waals surface area contributed by atoms with Crippen molar-refractivity contribution < 1.29 is 17.9 Å². The molecule has 1 amide bonds. The molecule has 1 aliphatic carbocycles. The second-order valence-electron chi connectivity index (χ2n) is 8.54. The molecule has 32 heavy (non-hydrogen) atoms. The van der Waals surface area contributed by atoms with Gasteiger partial charge < -0.3 is 9.64 Å². The van der Waals surface area contributed by atoms with Crippen molar-refractivity contribution in [1.29, 1.82) is 0 Å². The lowest BCUT2D eigenvalue weighted by molar-refractivity contribution is 0.0681. The SMILES string of the molecule is COc1ccc(CN(C(=O)c2ccc3c(c2)Cc2ccccc2-3)C2CCS(=O)(=O)C2)cc1. The number of rotatable bonds is 5. The summed E-state index contributed by atoms with van der Waals surface area (Å²) in [7, 11) is -1.51. The quantitative estimate of drug-likeness (QED) is 0.462. The highest BCUT2D eigenvalue weighted by Gasteiger charge is 2.35. The summed E-state index contributed by atoms with van der Waals surface area (Å²) in [5, 5.41) is 0. The topological polar surface area (TPSA) is 63.7 Å². The molecular formula is C26H25NO4S. The molecule has 0 bridgehead atoms. The summed E-state index contributed by atoms with van der Waals surface area (Å²) in [6.45, 7) is 0.361. The summed E-state index contributed by atoms with van der Waals surface area (Å²) in [6, 6.07) is 21.4. The largest absolute Gasteiger partial charge is 0.497 e. The highest BCUT2D eigenvalue weighted by Crippen LogP contribution is 2.37. The Morgan fingerprint density at radius 2 is 1.75 bits per heavy atom. The first-order valence-electron chi connectivity index (χ1n) is 10.8. The van der Waals surface area contributed by atoms with Crippen LogP contribution in [-0.2, 0) is 22.8 Å². The molecule has 0 saturated carbocycles. The summed E-state index contributed by atoms with van der Waals surface area (Å²) < 4.78 is 29.6. The van der Waals surface area contributed by atoms with Gasteiger partial charge in [-0.3, -0.25) is 4.79 Å². The number of nitrogens with zero attached hydrogens (tertiary/aromatic N) is 1. The van der Waals surface area contributed by atoms with Crippen molar-refractivity contribution in [3.63, 3.8) is 0 Å². The molecule has 3 aromatic rings. The van der Waals surface area contributed by atoms with Crippen LogP contribution in [0, 0.1) is 0 Å². The Kier molecular flexibility index (Phi) is 5.25. The molecule has 3 aromatic carbocycles. The van der Waals surface area contributed by atoms with E-state index in [1.54, 1.807) is 12.0 Å². The lowest BCUT2D eigenvalue weighted by Gasteiger charge is -2.29. The Bertz CT molecular complexity index is 1280. The minimum absolute atomic E-state index is 0.0191. The number of amides is 1. The standard InChI is InChI=1S/C26H25NO4S/c1-31-23-9-6-18(7-10-23)16-27(22-12-13-32(29,30)17-22)26(28)20-8-11-25-21(15-20)14-19-4-2-3-5-24(19)25/h2-11,15,22H,12-14,16-17H2,1H3. The van der Waals surface area contributed by atoms with Crippen LogP contribution in [0.1, 0.15) is 33.5 Å². The summed E-state index contributed by atoms with van der Waals surface area (Å²) >= 11 is 0. The minimum Gasteiger partial charge on any atom is -0.497 e. The Labute approximate surface area is 188 Å². The Morgan fingerprint density at radius 3 is 2.47 bits per heavy atom. The van der Waals surface area contributed by atoms with Crippen molar-refractivity contribution in [3.05, 3.63) is 89.0 Å². The van der Waals surface area contributed by atoms with E-state index < -0.39 is 9.84 Å². The first kappa shape index (κ1) is 20.8. The molecule has 1 aliphatic heterocycles. The van der Waals surface area contributed by atoms with Gasteiger partial charge in [0.25, 0.3) is 5.91 Å². The second kappa shape index (κ2) is 8.10. The molecule has 0 spiro atoms. The third-order valence-corrected chi connectivity index (χ3v) is 8.21. The van der Waals surface area contributed by atoms with Crippen molar-refractivity contribution in [2.75, 3.05) is 18.6 Å². The van der Waals surface area contributed by atoms with Gasteiger partial charge in [0.05, 0.1) is 18.6 Å². The average molecular weight is 448 g/mol. The number of hydrogen-bond donors (Lipinski definition) is 0. The van der Waals surface area contributed by atoms with Crippen LogP contribution in [-0.4, -0.2) is 43.9 Å². The van der Waals surface area contributed by atoms with Gasteiger partial charge in [0.2, 0.25) is 0 Å². The van der Waals surface area contributed by atoms with Gasteiger partial charge in [0, 0.05) is 18.2 Å². The number of methoxy groups -OCH3 is 1. The number of sulfone groups is 1. The van der Waals surface area contributed by atoms with Gasteiger partial charge in [-0.1, -0.05) is 42.5 Å². The maximum absolute atomic E-state index is 13.6. The third-order valence-electron chi connectivity index (χ3n) is 6.46. The van der Waals surface area contributed by atoms with Gasteiger partial charge in [-0.05, 0) is 64.9 Å². The molecule has 1 atom stereocenters. The van der Waals surface area contributed by atoms with E-state index in [1.807, 2.05) is 54.6 Å². The van der Waals surface area contributed by atoms with Crippen LogP contribution < -0.4 is 4.74 Å². The molecule has 0 aromatic heterocycles. The van der Waals surface area contributed by atoms with Gasteiger partial charge in [0.1, 0.15) is 5.75 Å². The molecular weight excluding hydrogens is 422 g/mol. The van der Waals surface area contributed by atoms with E-state index in [1.165, 1.54) is 16.7 Å². The van der Waals surface area contributed by atoms with Crippen molar-refractivity contribution in [1.82, 2.24) is 4.90 Å². The molecule has 164 valence electrons. The fourth-order valence-electron chi connectivity index (χ4n) is 4.76. The highest BCUT2D eigenvalue weighted by molar-refractivity contribution is 7.91. The molecule has 6 heteroatoms. The van der Waals surface area contributed by atoms with E-state index in [4.69, 9.17) is 4.74 Å². The molecule has 1 heterocycles. The number of benzene rings is 3. The summed E-state index contributed by atoms with van der Waals surface area (Å²) in [4.78, 5) is 15.4. The third kappa shape index (κ3) is 3.91. The Morgan fingerprint density at radius 1 is 1.00 bits per heavy atom. The molecule has 1 saturated heterocycles. The van der Waals surface area contributed by atoms with Crippen molar-refractivity contribution in [2.24, 2.45) is 0 Å². The highest BCUT2D eigenvalue weighted by atomic mass is 32.2. The van der Waals surface area contributed by atoms with Gasteiger partial charge >= 0.3 is 0 Å². The summed E-state index contributed by atoms with van der Waals surface area (Å²) in [5.41, 5.74) is 6.34. The van der Waals surface area contributed by atoms with E-state index in [2.05, 4.69) is 12.1 Å². The Hall–Kier alpha value is -3.12. The minimum atomic E-state index is -3.12. The zero-order valence-electron chi connectivity index (χ0n) is 18.0. The van der Waals surface area contributed by atoms with E-state index in [0.29, 0.717) is 18.5 Å². The van der Waals surface area contributed by atoms with E-state index in [0.717, 1.165) is 23.3 Å². The molecule has 1 fully saturated rings. The predicted octanol–water partition coefficient (Wildman–Crippen LogP) is 4.10. The summed E-state index contributed by atoms with van der Waals surface area (Å²) in [6.07, 6.45) is 1.28. The zero-order valence-corrected chi connectivity index (χ0v) is 18.8. The van der Waals surface area contributed by atoms with Crippen LogP contribution in [0.2, 0.25) is 0 Å². The van der Waals surface area contributed by atoms with Crippen molar-refractivity contribution >= 4 is 15.7 Å². The monoisotopic (exact) mass is 447 g/mol. The smallest absolute Gasteiger partial charge is 0.254 e. The number of ether oxygens (including phenoxy) is 1. The normalized spacial score (nSPS) is 18.1. The van der Waals surface area contributed by atoms with Crippen LogP contribution >= 0.6 is 0 Å². The number of carbonyl (C=O) groups excluding carboxylic acids is 1. The van der Waals surface area contributed by atoms with Crippen molar-refractivity contribution in [3.8, 4) is 16.9 Å². The molecule has 0 N–H and O–H groups in total. The van der Waals surface area contributed by atoms with Gasteiger partial charge in [-0.15, -0.1) is 0 Å². The predicted molar refractivity (Wildman–Crippen MR) is 125 cm³/mol. The number of fused-ring (bicyclic) bond motifs is 3. The van der Waals surface area contributed by atoms with Crippen molar-refractivity contribution in [2.45, 2.75) is 25.4 Å². The summed E-state index contributed by atoms with van der Waals surface area (Å²) in [5.74, 6) is 0.768. The second-order valence-corrected chi connectivity index (χ2v) is 10.8. The molecule has 5 nitrogen and oxygen atoms in total. The number of carbonyl (C=O) groups is 1. The van der Waals surface area contributed by atoms with Crippen LogP contribution in [0.5, 0.6) is 5.75 Å². The van der Waals surface area contributed by atoms with E-state index in [9.17, 15) is 13.2 Å². The fraction of sp³-hybridized carbons (Fsp3) is 0.269. The first-order valence-corrected chi connectivity index (χ1v) is 12.6. The van der Waals surface area contributed by atoms with Gasteiger partial charge in [-0.25, -0.2) is 8.42 Å². The molecule has 5 rings (SSSR count). The maximum atomic E-state index is 13.6. The molecule has 1 unspecified atom stereocenters. The van der Waals surface area contributed by atoms with Gasteiger partial charge in [-0.2, -0.15) is 0 Å². The zero-order chi connectivity index (χ0) is 22.3. The number of hydrogen-bond acceptors (Lipinski definition) is 4. The Balaban J connectivity index is 1.45. The maximum Gasteiger partial charge on any atom is 0.254 e. The van der Waals surface area contributed by atoms with Gasteiger partial charge in [0.15, 0.2) is 9.84 Å². The van der Waals surface area contributed by atoms with E-state index >= 15 is 0 Å². The molecule has 0 radical (unpaired) electrons.